The van der Waals surface area contributed by atoms with Crippen LogP contribution in [0.1, 0.15) is 21.7 Å². The van der Waals surface area contributed by atoms with Gasteiger partial charge in [-0.25, -0.2) is 0 Å². The van der Waals surface area contributed by atoms with E-state index in [9.17, 15) is 9.59 Å². The Hall–Kier alpha value is -2.96. The van der Waals surface area contributed by atoms with E-state index >= 15 is 0 Å². The number of furan rings is 1. The summed E-state index contributed by atoms with van der Waals surface area (Å²) in [5.41, 5.74) is 1.96. The number of anilines is 1. The predicted octanol–water partition coefficient (Wildman–Crippen LogP) is 4.97. The Balaban J connectivity index is 1.57. The predicted molar refractivity (Wildman–Crippen MR) is 115 cm³/mol. The summed E-state index contributed by atoms with van der Waals surface area (Å²) in [5.74, 6) is 0.302. The van der Waals surface area contributed by atoms with Crippen LogP contribution < -0.4 is 10.2 Å². The van der Waals surface area contributed by atoms with Crippen LogP contribution in [0.5, 0.6) is 0 Å². The minimum atomic E-state index is -0.229. The second kappa shape index (κ2) is 8.19. The number of thioether (sulfide) groups is 1. The van der Waals surface area contributed by atoms with E-state index < -0.39 is 0 Å². The summed E-state index contributed by atoms with van der Waals surface area (Å²) in [7, 11) is 1.70. The van der Waals surface area contributed by atoms with E-state index in [-0.39, 0.29) is 11.8 Å². The van der Waals surface area contributed by atoms with E-state index in [0.717, 1.165) is 10.5 Å². The number of hydrogen-bond acceptors (Lipinski definition) is 4. The number of rotatable bonds is 4. The van der Waals surface area contributed by atoms with E-state index in [2.05, 4.69) is 5.32 Å². The van der Waals surface area contributed by atoms with E-state index in [1.54, 1.807) is 54.6 Å². The van der Waals surface area contributed by atoms with Crippen molar-refractivity contribution in [2.75, 3.05) is 11.9 Å². The van der Waals surface area contributed by atoms with Gasteiger partial charge in [-0.05, 0) is 48.0 Å². The van der Waals surface area contributed by atoms with Gasteiger partial charge in [0, 0.05) is 22.5 Å². The molecule has 4 rings (SSSR count). The fourth-order valence-corrected chi connectivity index (χ4v) is 4.22. The number of hydrogen-bond donors (Lipinski definition) is 1. The monoisotopic (exact) mass is 424 g/mol. The molecule has 1 aromatic heterocycles. The van der Waals surface area contributed by atoms with Gasteiger partial charge in [0.05, 0.1) is 23.4 Å². The molecule has 1 aliphatic rings. The quantitative estimate of drug-likeness (QED) is 0.600. The second-order valence-electron chi connectivity index (χ2n) is 6.44. The number of nitrogens with zero attached hydrogens (tertiary/aromatic N) is 1. The fourth-order valence-electron chi connectivity index (χ4n) is 2.95. The van der Waals surface area contributed by atoms with Crippen LogP contribution in [-0.4, -0.2) is 18.9 Å². The molecule has 7 heteroatoms. The molecular weight excluding hydrogens is 408 g/mol. The molecule has 0 fully saturated rings. The maximum atomic E-state index is 12.8. The van der Waals surface area contributed by atoms with E-state index in [1.165, 1.54) is 11.8 Å². The van der Waals surface area contributed by atoms with Gasteiger partial charge >= 0.3 is 0 Å². The summed E-state index contributed by atoms with van der Waals surface area (Å²) in [4.78, 5) is 28.3. The van der Waals surface area contributed by atoms with Crippen molar-refractivity contribution in [1.29, 1.82) is 0 Å². The zero-order valence-electron chi connectivity index (χ0n) is 15.5. The van der Waals surface area contributed by atoms with Crippen LogP contribution in [0.3, 0.4) is 0 Å². The molecule has 3 aromatic rings. The molecule has 0 saturated carbocycles. The average molecular weight is 425 g/mol. The molecule has 0 spiro atoms. The summed E-state index contributed by atoms with van der Waals surface area (Å²) in [5, 5.41) is 3.40. The first kappa shape index (κ1) is 19.4. The molecule has 1 aliphatic heterocycles. The Labute approximate surface area is 177 Å². The summed E-state index contributed by atoms with van der Waals surface area (Å²) in [6.45, 7) is 0.303. The molecule has 2 aromatic carbocycles. The van der Waals surface area contributed by atoms with E-state index in [0.29, 0.717) is 33.5 Å². The molecule has 0 atom stereocenters. The molecule has 1 N–H and O–H groups in total. The van der Waals surface area contributed by atoms with Crippen LogP contribution in [0.15, 0.2) is 75.1 Å². The number of likely N-dealkylation sites (N-methyl/N-ethyl adjacent to an activating group) is 1. The van der Waals surface area contributed by atoms with E-state index in [4.69, 9.17) is 16.0 Å². The fraction of sp³-hybridized carbons (Fsp3) is 0.0909. The first-order valence-electron chi connectivity index (χ1n) is 8.89. The highest BCUT2D eigenvalue weighted by atomic mass is 35.5. The molecule has 146 valence electrons. The summed E-state index contributed by atoms with van der Waals surface area (Å²) in [6, 6.07) is 16.3. The topological polar surface area (TPSA) is 62.6 Å². The third-order valence-electron chi connectivity index (χ3n) is 4.51. The zero-order chi connectivity index (χ0) is 20.4. The maximum absolute atomic E-state index is 12.8. The van der Waals surface area contributed by atoms with Crippen LogP contribution in [0.25, 0.3) is 6.08 Å². The second-order valence-corrected chi connectivity index (χ2v) is 7.93. The van der Waals surface area contributed by atoms with Crippen molar-refractivity contribution in [1.82, 2.24) is 5.32 Å². The largest absolute Gasteiger partial charge is 0.467 e. The molecule has 0 bridgehead atoms. The maximum Gasteiger partial charge on any atom is 0.264 e. The van der Waals surface area contributed by atoms with Crippen molar-refractivity contribution in [3.63, 3.8) is 0 Å². The number of fused-ring (bicyclic) bond motifs is 1. The molecule has 5 nitrogen and oxygen atoms in total. The van der Waals surface area contributed by atoms with Crippen molar-refractivity contribution in [2.45, 2.75) is 11.4 Å². The third-order valence-corrected chi connectivity index (χ3v) is 5.93. The Morgan fingerprint density at radius 1 is 1.21 bits per heavy atom. The van der Waals surface area contributed by atoms with Crippen molar-refractivity contribution in [3.05, 3.63) is 87.7 Å². The SMILES string of the molecule is CN1C(=O)/C(=C/c2ccccc2Cl)Sc2ccc(C(=O)NCc3ccco3)cc21. The summed E-state index contributed by atoms with van der Waals surface area (Å²) in [6.07, 6.45) is 3.35. The van der Waals surface area contributed by atoms with Gasteiger partial charge in [-0.1, -0.05) is 41.6 Å². The van der Waals surface area contributed by atoms with Gasteiger partial charge in [0.15, 0.2) is 0 Å². The van der Waals surface area contributed by atoms with Gasteiger partial charge in [0.2, 0.25) is 0 Å². The van der Waals surface area contributed by atoms with Crippen LogP contribution >= 0.6 is 23.4 Å². The van der Waals surface area contributed by atoms with Crippen molar-refractivity contribution in [2.24, 2.45) is 0 Å². The number of amides is 2. The number of carbonyl (C=O) groups excluding carboxylic acids is 2. The van der Waals surface area contributed by atoms with Crippen LogP contribution in [0, 0.1) is 0 Å². The highest BCUT2D eigenvalue weighted by Crippen LogP contribution is 2.42. The molecule has 0 unspecified atom stereocenters. The number of carbonyl (C=O) groups is 2. The van der Waals surface area contributed by atoms with Crippen LogP contribution in [-0.2, 0) is 11.3 Å². The van der Waals surface area contributed by atoms with Gasteiger partial charge in [-0.2, -0.15) is 0 Å². The van der Waals surface area contributed by atoms with Crippen LogP contribution in [0.2, 0.25) is 5.02 Å². The first-order valence-corrected chi connectivity index (χ1v) is 10.1. The molecule has 0 saturated heterocycles. The summed E-state index contributed by atoms with van der Waals surface area (Å²) >= 11 is 7.59. The third kappa shape index (κ3) is 4.09. The average Bonchev–Trinajstić information content (AvgIpc) is 3.25. The van der Waals surface area contributed by atoms with Gasteiger partial charge in [0.25, 0.3) is 11.8 Å². The number of benzene rings is 2. The zero-order valence-corrected chi connectivity index (χ0v) is 17.1. The lowest BCUT2D eigenvalue weighted by molar-refractivity contribution is -0.114. The van der Waals surface area contributed by atoms with Crippen molar-refractivity contribution >= 4 is 46.9 Å². The molecule has 0 aliphatic carbocycles. The smallest absolute Gasteiger partial charge is 0.264 e. The summed E-state index contributed by atoms with van der Waals surface area (Å²) < 4.78 is 5.22. The number of halogens is 1. The standard InChI is InChI=1S/C22H17ClN2O3S/c1-25-18-11-15(21(26)24-13-16-6-4-10-28-16)8-9-19(18)29-20(22(25)27)12-14-5-2-3-7-17(14)23/h2-12H,13H2,1H3,(H,24,26)/b20-12-. The van der Waals surface area contributed by atoms with E-state index in [1.807, 2.05) is 24.3 Å². The lowest BCUT2D eigenvalue weighted by Gasteiger charge is -2.27. The van der Waals surface area contributed by atoms with Gasteiger partial charge < -0.3 is 14.6 Å². The normalized spacial score (nSPS) is 14.8. The highest BCUT2D eigenvalue weighted by molar-refractivity contribution is 8.04. The van der Waals surface area contributed by atoms with Gasteiger partial charge in [-0.15, -0.1) is 0 Å². The molecule has 2 amide bonds. The lowest BCUT2D eigenvalue weighted by Crippen LogP contribution is -2.31. The minimum absolute atomic E-state index is 0.143. The van der Waals surface area contributed by atoms with Crippen LogP contribution in [0.4, 0.5) is 5.69 Å². The molecule has 2 heterocycles. The molecule has 29 heavy (non-hydrogen) atoms. The number of nitrogens with one attached hydrogen (secondary N) is 1. The van der Waals surface area contributed by atoms with Crippen molar-refractivity contribution < 1.29 is 14.0 Å². The first-order chi connectivity index (χ1) is 14.0. The Kier molecular flexibility index (Phi) is 5.47. The van der Waals surface area contributed by atoms with Gasteiger partial charge in [-0.3, -0.25) is 9.59 Å². The lowest BCUT2D eigenvalue weighted by atomic mass is 10.1. The minimum Gasteiger partial charge on any atom is -0.467 e. The Bertz CT molecular complexity index is 1110. The Morgan fingerprint density at radius 3 is 2.79 bits per heavy atom. The van der Waals surface area contributed by atoms with Crippen molar-refractivity contribution in [3.8, 4) is 0 Å². The molecular formula is C22H17ClN2O3S. The Morgan fingerprint density at radius 2 is 2.03 bits per heavy atom. The molecule has 0 radical (unpaired) electrons. The highest BCUT2D eigenvalue weighted by Gasteiger charge is 2.27. The van der Waals surface area contributed by atoms with Gasteiger partial charge in [0.1, 0.15) is 5.76 Å².